The van der Waals surface area contributed by atoms with Crippen LogP contribution < -0.4 is 5.32 Å². The molecule has 0 spiro atoms. The summed E-state index contributed by atoms with van der Waals surface area (Å²) in [6.45, 7) is 4.75. The van der Waals surface area contributed by atoms with Crippen LogP contribution in [0.2, 0.25) is 0 Å². The summed E-state index contributed by atoms with van der Waals surface area (Å²) >= 11 is 0. The molecule has 0 aromatic carbocycles. The van der Waals surface area contributed by atoms with Gasteiger partial charge in [-0.2, -0.15) is 0 Å². The van der Waals surface area contributed by atoms with Crippen LogP contribution in [0.5, 0.6) is 0 Å². The van der Waals surface area contributed by atoms with Crippen LogP contribution in [0.25, 0.3) is 0 Å². The molecule has 6 nitrogen and oxygen atoms in total. The lowest BCUT2D eigenvalue weighted by Crippen LogP contribution is -2.24. The molecule has 0 saturated carbocycles. The number of nitrogens with one attached hydrogen (secondary N) is 1. The van der Waals surface area contributed by atoms with Crippen molar-refractivity contribution in [3.05, 3.63) is 65.3 Å². The number of hydrogen-bond acceptors (Lipinski definition) is 4. The molecule has 1 N–H and O–H groups in total. The van der Waals surface area contributed by atoms with E-state index in [1.165, 1.54) is 13.2 Å². The summed E-state index contributed by atoms with van der Waals surface area (Å²) in [7, 11) is 1.31. The van der Waals surface area contributed by atoms with Crippen molar-refractivity contribution in [3.8, 4) is 0 Å². The first-order chi connectivity index (χ1) is 11.5. The highest BCUT2D eigenvalue weighted by molar-refractivity contribution is 5.95. The molecular weight excluding hydrogens is 306 g/mol. The van der Waals surface area contributed by atoms with Crippen molar-refractivity contribution in [3.63, 3.8) is 0 Å². The van der Waals surface area contributed by atoms with Gasteiger partial charge in [-0.25, -0.2) is 4.79 Å². The third-order valence-electron chi connectivity index (χ3n) is 3.70. The normalized spacial score (nSPS) is 10.8. The monoisotopic (exact) mass is 327 g/mol. The molecule has 2 aromatic heterocycles. The molecule has 0 unspecified atom stereocenters. The van der Waals surface area contributed by atoms with Crippen LogP contribution in [0, 0.1) is 13.8 Å². The molecule has 0 radical (unpaired) electrons. The summed E-state index contributed by atoms with van der Waals surface area (Å²) in [6, 6.07) is 7.63. The average molecular weight is 327 g/mol. The number of carbonyl (C=O) groups excluding carboxylic acids is 2. The topological polar surface area (TPSA) is 73.2 Å². The number of hydrogen-bond donors (Lipinski definition) is 1. The standard InChI is InChI=1S/C18H21N3O3/c1-13-11-16(18(23)20-10-6-8-17(22)24-3)14(2)21(13)12-15-7-4-5-9-19-15/h4-9,11H,10,12H2,1-3H3,(H,20,23)/b8-6+. The lowest BCUT2D eigenvalue weighted by atomic mass is 10.2. The highest BCUT2D eigenvalue weighted by atomic mass is 16.5. The first kappa shape index (κ1) is 17.5. The van der Waals surface area contributed by atoms with Crippen LogP contribution in [-0.4, -0.2) is 35.1 Å². The lowest BCUT2D eigenvalue weighted by molar-refractivity contribution is -0.134. The van der Waals surface area contributed by atoms with Gasteiger partial charge < -0.3 is 14.6 Å². The Bertz CT molecular complexity index is 748. The van der Waals surface area contributed by atoms with E-state index in [0.29, 0.717) is 12.1 Å². The minimum Gasteiger partial charge on any atom is -0.466 e. The summed E-state index contributed by atoms with van der Waals surface area (Å²) in [5, 5.41) is 2.76. The zero-order valence-corrected chi connectivity index (χ0v) is 14.1. The Balaban J connectivity index is 2.06. The molecule has 0 aliphatic carbocycles. The molecule has 24 heavy (non-hydrogen) atoms. The quantitative estimate of drug-likeness (QED) is 0.651. The number of pyridine rings is 1. The van der Waals surface area contributed by atoms with Gasteiger partial charge in [0.2, 0.25) is 0 Å². The van der Waals surface area contributed by atoms with E-state index in [2.05, 4.69) is 19.6 Å². The van der Waals surface area contributed by atoms with Gasteiger partial charge in [0.05, 0.1) is 24.9 Å². The number of amides is 1. The Morgan fingerprint density at radius 3 is 2.79 bits per heavy atom. The van der Waals surface area contributed by atoms with E-state index in [0.717, 1.165) is 17.1 Å². The number of carbonyl (C=O) groups is 2. The van der Waals surface area contributed by atoms with Crippen molar-refractivity contribution in [2.24, 2.45) is 0 Å². The van der Waals surface area contributed by atoms with E-state index < -0.39 is 5.97 Å². The van der Waals surface area contributed by atoms with E-state index in [-0.39, 0.29) is 12.5 Å². The van der Waals surface area contributed by atoms with E-state index in [1.54, 1.807) is 12.3 Å². The first-order valence-corrected chi connectivity index (χ1v) is 7.62. The highest BCUT2D eigenvalue weighted by Crippen LogP contribution is 2.16. The van der Waals surface area contributed by atoms with Crippen molar-refractivity contribution >= 4 is 11.9 Å². The molecule has 0 fully saturated rings. The molecule has 0 aliphatic rings. The Morgan fingerprint density at radius 1 is 1.33 bits per heavy atom. The van der Waals surface area contributed by atoms with Crippen LogP contribution in [0.3, 0.4) is 0 Å². The molecule has 0 bridgehead atoms. The third-order valence-corrected chi connectivity index (χ3v) is 3.70. The van der Waals surface area contributed by atoms with Gasteiger partial charge in [-0.15, -0.1) is 0 Å². The number of methoxy groups -OCH3 is 1. The number of esters is 1. The maximum atomic E-state index is 12.3. The molecule has 1 amide bonds. The number of ether oxygens (including phenoxy) is 1. The summed E-state index contributed by atoms with van der Waals surface area (Å²) in [6.07, 6.45) is 4.59. The predicted molar refractivity (Wildman–Crippen MR) is 90.7 cm³/mol. The number of aromatic nitrogens is 2. The van der Waals surface area contributed by atoms with Crippen LogP contribution in [0.4, 0.5) is 0 Å². The Labute approximate surface area is 141 Å². The van der Waals surface area contributed by atoms with Crippen LogP contribution in [0.1, 0.15) is 27.4 Å². The van der Waals surface area contributed by atoms with E-state index in [4.69, 9.17) is 0 Å². The van der Waals surface area contributed by atoms with E-state index in [1.807, 2.05) is 38.1 Å². The molecule has 0 aliphatic heterocycles. The minimum absolute atomic E-state index is 0.176. The smallest absolute Gasteiger partial charge is 0.330 e. The number of aryl methyl sites for hydroxylation is 1. The molecule has 6 heteroatoms. The van der Waals surface area contributed by atoms with Gasteiger partial charge in [0, 0.05) is 30.2 Å². The Kier molecular flexibility index (Phi) is 5.89. The van der Waals surface area contributed by atoms with Crippen LogP contribution in [0.15, 0.2) is 42.6 Å². The summed E-state index contributed by atoms with van der Waals surface area (Å²) in [5.74, 6) is -0.623. The van der Waals surface area contributed by atoms with Crippen LogP contribution in [-0.2, 0) is 16.1 Å². The predicted octanol–water partition coefficient (Wildman–Crippen LogP) is 2.01. The van der Waals surface area contributed by atoms with Gasteiger partial charge in [0.1, 0.15) is 0 Å². The molecule has 2 rings (SSSR count). The number of nitrogens with zero attached hydrogens (tertiary/aromatic N) is 2. The van der Waals surface area contributed by atoms with Crippen LogP contribution >= 0.6 is 0 Å². The second-order valence-electron chi connectivity index (χ2n) is 5.33. The van der Waals surface area contributed by atoms with Crippen molar-refractivity contribution in [2.75, 3.05) is 13.7 Å². The summed E-state index contributed by atoms with van der Waals surface area (Å²) in [4.78, 5) is 27.6. The summed E-state index contributed by atoms with van der Waals surface area (Å²) < 4.78 is 6.55. The van der Waals surface area contributed by atoms with Gasteiger partial charge in [0.25, 0.3) is 5.91 Å². The minimum atomic E-state index is -0.446. The molecule has 0 saturated heterocycles. The second-order valence-corrected chi connectivity index (χ2v) is 5.33. The molecule has 2 heterocycles. The van der Waals surface area contributed by atoms with E-state index in [9.17, 15) is 9.59 Å². The highest BCUT2D eigenvalue weighted by Gasteiger charge is 2.15. The SMILES string of the molecule is COC(=O)/C=C/CNC(=O)c1cc(C)n(Cc2ccccn2)c1C. The fraction of sp³-hybridized carbons (Fsp3) is 0.278. The van der Waals surface area contributed by atoms with Crippen molar-refractivity contribution in [2.45, 2.75) is 20.4 Å². The molecular formula is C18H21N3O3. The second kappa shape index (κ2) is 8.10. The van der Waals surface area contributed by atoms with Crippen molar-refractivity contribution < 1.29 is 14.3 Å². The fourth-order valence-corrected chi connectivity index (χ4v) is 2.40. The maximum absolute atomic E-state index is 12.3. The summed E-state index contributed by atoms with van der Waals surface area (Å²) in [5.41, 5.74) is 3.43. The van der Waals surface area contributed by atoms with Crippen molar-refractivity contribution in [1.82, 2.24) is 14.9 Å². The zero-order chi connectivity index (χ0) is 17.5. The lowest BCUT2D eigenvalue weighted by Gasteiger charge is -2.09. The zero-order valence-electron chi connectivity index (χ0n) is 14.1. The van der Waals surface area contributed by atoms with Gasteiger partial charge in [-0.3, -0.25) is 9.78 Å². The largest absolute Gasteiger partial charge is 0.466 e. The number of rotatable bonds is 6. The van der Waals surface area contributed by atoms with E-state index >= 15 is 0 Å². The maximum Gasteiger partial charge on any atom is 0.330 e. The van der Waals surface area contributed by atoms with Gasteiger partial charge in [0.15, 0.2) is 0 Å². The van der Waals surface area contributed by atoms with Crippen molar-refractivity contribution in [1.29, 1.82) is 0 Å². The van der Waals surface area contributed by atoms with Gasteiger partial charge >= 0.3 is 5.97 Å². The fourth-order valence-electron chi connectivity index (χ4n) is 2.40. The Hall–Kier alpha value is -2.89. The molecule has 2 aromatic rings. The first-order valence-electron chi connectivity index (χ1n) is 7.62. The Morgan fingerprint density at radius 2 is 2.12 bits per heavy atom. The van der Waals surface area contributed by atoms with Gasteiger partial charge in [-0.1, -0.05) is 12.1 Å². The molecule has 0 atom stereocenters. The average Bonchev–Trinajstić information content (AvgIpc) is 2.87. The molecule has 126 valence electrons. The third kappa shape index (κ3) is 4.32. The van der Waals surface area contributed by atoms with Gasteiger partial charge in [-0.05, 0) is 32.0 Å².